The van der Waals surface area contributed by atoms with Gasteiger partial charge in [0, 0.05) is 35.4 Å². The maximum atomic E-state index is 14.9. The highest BCUT2D eigenvalue weighted by molar-refractivity contribution is 5.87. The molecule has 4 aromatic carbocycles. The van der Waals surface area contributed by atoms with Crippen molar-refractivity contribution < 1.29 is 45.3 Å². The minimum Gasteiger partial charge on any atom is -0.493 e. The molecular weight excluding hydrogens is 650 g/mol. The van der Waals surface area contributed by atoms with Gasteiger partial charge >= 0.3 is 18.3 Å². The molecule has 0 aliphatic rings. The number of carbonyl (C=O) groups excluding carboxylic acids is 1. The summed E-state index contributed by atoms with van der Waals surface area (Å²) in [4.78, 5) is 12.7. The average Bonchev–Trinajstić information content (AvgIpc) is 3.04. The zero-order valence-electron chi connectivity index (χ0n) is 26.6. The van der Waals surface area contributed by atoms with Crippen molar-refractivity contribution in [3.8, 4) is 11.5 Å². The van der Waals surface area contributed by atoms with Crippen molar-refractivity contribution in [3.63, 3.8) is 0 Å². The van der Waals surface area contributed by atoms with Crippen LogP contribution in [0.5, 0.6) is 11.5 Å². The van der Waals surface area contributed by atoms with Gasteiger partial charge in [0.15, 0.2) is 11.6 Å². The van der Waals surface area contributed by atoms with Gasteiger partial charge in [0.25, 0.3) is 0 Å². The molecule has 0 radical (unpaired) electrons. The molecule has 0 fully saturated rings. The lowest BCUT2D eigenvalue weighted by Gasteiger charge is -2.29. The molecule has 0 saturated carbocycles. The van der Waals surface area contributed by atoms with Crippen LogP contribution in [0.1, 0.15) is 42.0 Å². The Bertz CT molecular complexity index is 1660. The van der Waals surface area contributed by atoms with Gasteiger partial charge in [-0.25, -0.2) is 9.18 Å². The summed E-state index contributed by atoms with van der Waals surface area (Å²) in [5.41, 5.74) is 14.3. The van der Waals surface area contributed by atoms with Crippen molar-refractivity contribution >= 4 is 23.4 Å². The molecule has 0 heterocycles. The number of carbonyl (C=O) groups is 1. The molecule has 0 bridgehead atoms. The van der Waals surface area contributed by atoms with Gasteiger partial charge < -0.3 is 25.7 Å². The van der Waals surface area contributed by atoms with Gasteiger partial charge in [-0.1, -0.05) is 43.3 Å². The third kappa shape index (κ3) is 11.8. The number of rotatable bonds is 15. The summed E-state index contributed by atoms with van der Waals surface area (Å²) in [5.74, 6) is -2.71. The van der Waals surface area contributed by atoms with Crippen LogP contribution in [0.3, 0.4) is 0 Å². The molecule has 49 heavy (non-hydrogen) atoms. The summed E-state index contributed by atoms with van der Waals surface area (Å²) in [7, 11) is 0. The third-order valence-electron chi connectivity index (χ3n) is 7.46. The molecule has 0 atom stereocenters. The molecule has 0 saturated heterocycles. The Morgan fingerprint density at radius 1 is 0.796 bits per heavy atom. The number of benzene rings is 4. The smallest absolute Gasteiger partial charge is 0.426 e. The second kappa shape index (κ2) is 15.8. The third-order valence-corrected chi connectivity index (χ3v) is 7.46. The van der Waals surface area contributed by atoms with Crippen molar-refractivity contribution in [3.05, 3.63) is 125 Å². The SMILES string of the molecule is CC(COC(=O)/C=C/c1ccc(C(F)(F)Oc2ccc(OCCCC(F)(F)F)cc2F)cc1)(Cc1ccc(N)cc1)Cc1ccc(N)cc1. The largest absolute Gasteiger partial charge is 0.493 e. The predicted molar refractivity (Wildman–Crippen MR) is 175 cm³/mol. The van der Waals surface area contributed by atoms with Crippen LogP contribution >= 0.6 is 0 Å². The van der Waals surface area contributed by atoms with Crippen molar-refractivity contribution in [1.29, 1.82) is 0 Å². The Morgan fingerprint density at radius 3 is 1.90 bits per heavy atom. The highest BCUT2D eigenvalue weighted by atomic mass is 19.4. The normalized spacial score (nSPS) is 12.2. The number of nitrogens with two attached hydrogens (primary N) is 2. The Hall–Kier alpha value is -5.13. The van der Waals surface area contributed by atoms with Crippen LogP contribution in [0.15, 0.2) is 97.1 Å². The summed E-state index contributed by atoms with van der Waals surface area (Å²) in [6.07, 6.45) is -5.90. The first-order valence-corrected chi connectivity index (χ1v) is 15.3. The van der Waals surface area contributed by atoms with E-state index in [4.69, 9.17) is 20.9 Å². The van der Waals surface area contributed by atoms with Gasteiger partial charge in [-0.15, -0.1) is 0 Å². The summed E-state index contributed by atoms with van der Waals surface area (Å²) in [5, 5.41) is 0. The van der Waals surface area contributed by atoms with Crippen molar-refractivity contribution in [2.75, 3.05) is 24.7 Å². The van der Waals surface area contributed by atoms with Crippen molar-refractivity contribution in [2.45, 2.75) is 44.9 Å². The lowest BCUT2D eigenvalue weighted by atomic mass is 9.79. The van der Waals surface area contributed by atoms with Gasteiger partial charge in [-0.05, 0) is 90.6 Å². The van der Waals surface area contributed by atoms with E-state index >= 15 is 0 Å². The zero-order chi connectivity index (χ0) is 35.7. The van der Waals surface area contributed by atoms with E-state index in [1.807, 2.05) is 55.5 Å². The second-order valence-corrected chi connectivity index (χ2v) is 12.0. The van der Waals surface area contributed by atoms with E-state index in [1.165, 1.54) is 24.3 Å². The molecule has 6 nitrogen and oxygen atoms in total. The van der Waals surface area contributed by atoms with Crippen LogP contribution in [0.4, 0.5) is 37.7 Å². The Morgan fingerprint density at radius 2 is 1.37 bits per heavy atom. The van der Waals surface area contributed by atoms with Gasteiger partial charge in [-0.3, -0.25) is 0 Å². The van der Waals surface area contributed by atoms with E-state index in [1.54, 1.807) is 0 Å². The van der Waals surface area contributed by atoms with Crippen LogP contribution < -0.4 is 20.9 Å². The number of nitrogen functional groups attached to an aromatic ring is 2. The molecule has 0 spiro atoms. The van der Waals surface area contributed by atoms with Gasteiger partial charge in [0.05, 0.1) is 18.8 Å². The first-order valence-electron chi connectivity index (χ1n) is 15.3. The average molecular weight is 687 g/mol. The first-order chi connectivity index (χ1) is 23.1. The molecule has 4 rings (SSSR count). The summed E-state index contributed by atoms with van der Waals surface area (Å²) >= 11 is 0. The van der Waals surface area contributed by atoms with Crippen LogP contribution in [0, 0.1) is 11.2 Å². The molecule has 4 N–H and O–H groups in total. The first kappa shape index (κ1) is 36.7. The molecule has 4 aromatic rings. The van der Waals surface area contributed by atoms with Crippen LogP contribution in [0.25, 0.3) is 6.08 Å². The fourth-order valence-electron chi connectivity index (χ4n) is 4.98. The molecule has 12 heteroatoms. The minimum absolute atomic E-state index is 0.0924. The topological polar surface area (TPSA) is 96.8 Å². The lowest BCUT2D eigenvalue weighted by Crippen LogP contribution is -2.30. The van der Waals surface area contributed by atoms with E-state index in [0.29, 0.717) is 29.8 Å². The highest BCUT2D eigenvalue weighted by Crippen LogP contribution is 2.35. The van der Waals surface area contributed by atoms with Crippen LogP contribution in [-0.4, -0.2) is 25.4 Å². The molecule has 0 aliphatic heterocycles. The van der Waals surface area contributed by atoms with E-state index in [9.17, 15) is 31.1 Å². The zero-order valence-corrected chi connectivity index (χ0v) is 26.6. The predicted octanol–water partition coefficient (Wildman–Crippen LogP) is 8.89. The monoisotopic (exact) mass is 686 g/mol. The Labute approximate surface area is 280 Å². The number of alkyl halides is 5. The number of halogens is 6. The van der Waals surface area contributed by atoms with Crippen LogP contribution in [-0.2, 0) is 28.5 Å². The second-order valence-electron chi connectivity index (χ2n) is 12.0. The molecule has 0 aliphatic carbocycles. The van der Waals surface area contributed by atoms with E-state index in [-0.39, 0.29) is 25.4 Å². The highest BCUT2D eigenvalue weighted by Gasteiger charge is 2.35. The Kier molecular flexibility index (Phi) is 11.9. The minimum atomic E-state index is -4.35. The maximum Gasteiger partial charge on any atom is 0.426 e. The van der Waals surface area contributed by atoms with Crippen molar-refractivity contribution in [1.82, 2.24) is 0 Å². The van der Waals surface area contributed by atoms with Gasteiger partial charge in [0.1, 0.15) is 5.75 Å². The molecule has 0 aromatic heterocycles. The van der Waals surface area contributed by atoms with Crippen LogP contribution in [0.2, 0.25) is 0 Å². The summed E-state index contributed by atoms with van der Waals surface area (Å²) in [6.45, 7) is 1.77. The summed E-state index contributed by atoms with van der Waals surface area (Å²) in [6, 6.07) is 22.5. The molecule has 0 amide bonds. The Balaban J connectivity index is 1.34. The molecular formula is C37H36F6N2O4. The fraction of sp³-hybridized carbons (Fsp3) is 0.270. The van der Waals surface area contributed by atoms with Crippen molar-refractivity contribution in [2.24, 2.45) is 5.41 Å². The number of hydrogen-bond donors (Lipinski definition) is 2. The number of ether oxygens (including phenoxy) is 3. The summed E-state index contributed by atoms with van der Waals surface area (Å²) < 4.78 is 96.2. The van der Waals surface area contributed by atoms with Gasteiger partial charge in [-0.2, -0.15) is 22.0 Å². The maximum absolute atomic E-state index is 14.9. The van der Waals surface area contributed by atoms with E-state index < -0.39 is 47.2 Å². The quantitative estimate of drug-likeness (QED) is 0.0427. The lowest BCUT2D eigenvalue weighted by molar-refractivity contribution is -0.187. The molecule has 260 valence electrons. The number of hydrogen-bond acceptors (Lipinski definition) is 6. The van der Waals surface area contributed by atoms with Gasteiger partial charge in [0.2, 0.25) is 0 Å². The van der Waals surface area contributed by atoms with E-state index in [0.717, 1.165) is 41.5 Å². The molecule has 0 unspecified atom stereocenters. The number of anilines is 2. The standard InChI is InChI=1S/C37H36F6N2O4/c1-35(22-26-5-12-29(44)13-6-26,23-27-7-14-30(45)15-8-27)24-48-34(46)18-9-25-3-10-28(11-4-25)37(42,43)49-33-17-16-31(21-32(33)38)47-20-2-19-36(39,40)41/h3-18,21H,2,19-20,22-24,44-45H2,1H3/b18-9+. The number of esters is 1. The van der Waals surface area contributed by atoms with E-state index in [2.05, 4.69) is 4.74 Å². The fourth-order valence-corrected chi connectivity index (χ4v) is 4.98.